The molecule has 2 aliphatic rings. The van der Waals surface area contributed by atoms with E-state index in [4.69, 9.17) is 5.73 Å². The smallest absolute Gasteiger partial charge is 0.0307 e. The molecule has 0 aromatic carbocycles. The molecule has 0 aliphatic carbocycles. The van der Waals surface area contributed by atoms with Crippen LogP contribution < -0.4 is 5.73 Å². The van der Waals surface area contributed by atoms with E-state index in [1.807, 2.05) is 0 Å². The van der Waals surface area contributed by atoms with Gasteiger partial charge in [0.15, 0.2) is 0 Å². The Labute approximate surface area is 74.0 Å². The van der Waals surface area contributed by atoms with Gasteiger partial charge >= 0.3 is 0 Å². The van der Waals surface area contributed by atoms with Gasteiger partial charge in [-0.2, -0.15) is 0 Å². The van der Waals surface area contributed by atoms with Gasteiger partial charge in [0.25, 0.3) is 0 Å². The van der Waals surface area contributed by atoms with Crippen molar-refractivity contribution in [1.82, 2.24) is 4.90 Å². The Hall–Kier alpha value is 0.500. The summed E-state index contributed by atoms with van der Waals surface area (Å²) in [6.45, 7) is 3.65. The lowest BCUT2D eigenvalue weighted by Crippen LogP contribution is -2.37. The minimum Gasteiger partial charge on any atom is -0.324 e. The highest BCUT2D eigenvalue weighted by atomic mass is 35.5. The predicted octanol–water partition coefficient (Wildman–Crippen LogP) is 0.637. The van der Waals surface area contributed by atoms with E-state index < -0.39 is 0 Å². The summed E-state index contributed by atoms with van der Waals surface area (Å²) < 4.78 is 0. The van der Waals surface area contributed by atoms with Crippen molar-refractivity contribution in [1.29, 1.82) is 0 Å². The van der Waals surface area contributed by atoms with Gasteiger partial charge in [-0.05, 0) is 12.8 Å². The molecule has 10 heavy (non-hydrogen) atoms. The molecular weight excluding hydrogens is 171 g/mol. The maximum absolute atomic E-state index is 5.96. The Morgan fingerprint density at radius 1 is 1.10 bits per heavy atom. The maximum atomic E-state index is 5.96. The summed E-state index contributed by atoms with van der Waals surface area (Å²) in [4.78, 5) is 2.44. The van der Waals surface area contributed by atoms with Gasteiger partial charge in [0.2, 0.25) is 0 Å². The van der Waals surface area contributed by atoms with Gasteiger partial charge in [0.1, 0.15) is 0 Å². The van der Waals surface area contributed by atoms with Gasteiger partial charge in [-0.25, -0.2) is 0 Å². The molecule has 0 saturated carbocycles. The summed E-state index contributed by atoms with van der Waals surface area (Å²) >= 11 is 0. The third-order valence-electron chi connectivity index (χ3n) is 2.39. The number of nitrogens with two attached hydrogens (primary N) is 1. The summed E-state index contributed by atoms with van der Waals surface area (Å²) in [5.41, 5.74) is 6.19. The predicted molar refractivity (Wildman–Crippen MR) is 47.1 cm³/mol. The van der Waals surface area contributed by atoms with Crippen molar-refractivity contribution in [3.05, 3.63) is 0 Å². The van der Waals surface area contributed by atoms with Crippen molar-refractivity contribution in [2.24, 2.45) is 5.73 Å². The summed E-state index contributed by atoms with van der Waals surface area (Å²) in [6.07, 6.45) is 2.46. The molecule has 2 bridgehead atoms. The largest absolute Gasteiger partial charge is 0.324 e. The SMILES string of the molecule is Cl.Cl.NC12CCN(CC1)C2. The molecule has 2 nitrogen and oxygen atoms in total. The van der Waals surface area contributed by atoms with Crippen molar-refractivity contribution < 1.29 is 0 Å². The zero-order chi connectivity index (χ0) is 5.61. The fraction of sp³-hybridized carbons (Fsp3) is 1.00. The number of nitrogens with zero attached hydrogens (tertiary/aromatic N) is 1. The topological polar surface area (TPSA) is 29.3 Å². The van der Waals surface area contributed by atoms with E-state index in [9.17, 15) is 0 Å². The van der Waals surface area contributed by atoms with Gasteiger partial charge in [-0.3, -0.25) is 0 Å². The summed E-state index contributed by atoms with van der Waals surface area (Å²) in [7, 11) is 0. The lowest BCUT2D eigenvalue weighted by Gasteiger charge is -2.17. The number of piperidine rings is 1. The van der Waals surface area contributed by atoms with Crippen LogP contribution in [0.3, 0.4) is 0 Å². The van der Waals surface area contributed by atoms with Crippen molar-refractivity contribution in [2.75, 3.05) is 19.6 Å². The lowest BCUT2D eigenvalue weighted by molar-refractivity contribution is 0.364. The van der Waals surface area contributed by atoms with E-state index >= 15 is 0 Å². The minimum atomic E-state index is 0. The van der Waals surface area contributed by atoms with Gasteiger partial charge in [0.05, 0.1) is 0 Å². The molecule has 2 saturated heterocycles. The highest BCUT2D eigenvalue weighted by Gasteiger charge is 2.39. The third kappa shape index (κ3) is 1.56. The number of hydrogen-bond donors (Lipinski definition) is 1. The van der Waals surface area contributed by atoms with Gasteiger partial charge < -0.3 is 10.6 Å². The van der Waals surface area contributed by atoms with Crippen LogP contribution >= 0.6 is 24.8 Å². The molecule has 62 valence electrons. The monoisotopic (exact) mass is 184 g/mol. The molecule has 2 rings (SSSR count). The molecule has 0 aromatic heterocycles. The van der Waals surface area contributed by atoms with E-state index in [2.05, 4.69) is 4.90 Å². The zero-order valence-corrected chi connectivity index (χ0v) is 7.51. The molecule has 2 aliphatic heterocycles. The molecule has 0 unspecified atom stereocenters. The lowest BCUT2D eigenvalue weighted by atomic mass is 9.97. The first-order valence-electron chi connectivity index (χ1n) is 3.30. The third-order valence-corrected chi connectivity index (χ3v) is 2.39. The Balaban J connectivity index is 0.000000405. The molecule has 0 amide bonds. The van der Waals surface area contributed by atoms with E-state index in [1.165, 1.54) is 25.9 Å². The Kier molecular flexibility index (Phi) is 3.43. The molecule has 0 atom stereocenters. The fourth-order valence-electron chi connectivity index (χ4n) is 1.76. The standard InChI is InChI=1S/C6H12N2.2ClH/c7-6-1-3-8(5-6)4-2-6;;/h1-5,7H2;2*1H. The van der Waals surface area contributed by atoms with Crippen molar-refractivity contribution in [3.8, 4) is 0 Å². The first-order valence-corrected chi connectivity index (χ1v) is 3.30. The Bertz CT molecular complexity index is 110. The summed E-state index contributed by atoms with van der Waals surface area (Å²) in [5, 5.41) is 0. The second-order valence-electron chi connectivity index (χ2n) is 3.14. The molecule has 0 spiro atoms. The highest BCUT2D eigenvalue weighted by Crippen LogP contribution is 2.28. The first-order chi connectivity index (χ1) is 3.79. The van der Waals surface area contributed by atoms with Crippen LogP contribution in [0.15, 0.2) is 0 Å². The van der Waals surface area contributed by atoms with Crippen LogP contribution in [-0.4, -0.2) is 30.1 Å². The van der Waals surface area contributed by atoms with Crippen molar-refractivity contribution >= 4 is 24.8 Å². The van der Waals surface area contributed by atoms with Gasteiger partial charge in [-0.15, -0.1) is 24.8 Å². The molecule has 2 fully saturated rings. The van der Waals surface area contributed by atoms with Crippen LogP contribution in [0.2, 0.25) is 0 Å². The van der Waals surface area contributed by atoms with Gasteiger partial charge in [-0.1, -0.05) is 0 Å². The molecule has 2 heterocycles. The van der Waals surface area contributed by atoms with Gasteiger partial charge in [0, 0.05) is 25.2 Å². The molecular formula is C6H14Cl2N2. The maximum Gasteiger partial charge on any atom is 0.0307 e. The highest BCUT2D eigenvalue weighted by molar-refractivity contribution is 5.85. The molecule has 0 radical (unpaired) electrons. The second kappa shape index (κ2) is 3.26. The van der Waals surface area contributed by atoms with Crippen LogP contribution in [0.4, 0.5) is 0 Å². The molecule has 4 heteroatoms. The van der Waals surface area contributed by atoms with Crippen LogP contribution in [-0.2, 0) is 0 Å². The van der Waals surface area contributed by atoms with Crippen LogP contribution in [0, 0.1) is 0 Å². The number of rotatable bonds is 0. The average molecular weight is 185 g/mol. The number of hydrogen-bond acceptors (Lipinski definition) is 2. The normalized spacial score (nSPS) is 42.3. The Morgan fingerprint density at radius 2 is 1.60 bits per heavy atom. The number of halogens is 2. The molecule has 0 aromatic rings. The summed E-state index contributed by atoms with van der Waals surface area (Å²) in [5.74, 6) is 0. The van der Waals surface area contributed by atoms with Crippen LogP contribution in [0.1, 0.15) is 12.8 Å². The first kappa shape index (κ1) is 10.5. The van der Waals surface area contributed by atoms with Crippen molar-refractivity contribution in [2.45, 2.75) is 18.4 Å². The quantitative estimate of drug-likeness (QED) is 0.600. The van der Waals surface area contributed by atoms with Crippen molar-refractivity contribution in [3.63, 3.8) is 0 Å². The average Bonchev–Trinajstić information content (AvgIpc) is 2.21. The number of fused-ring (bicyclic) bond motifs is 2. The van der Waals surface area contributed by atoms with Crippen LogP contribution in [0.5, 0.6) is 0 Å². The minimum absolute atomic E-state index is 0. The van der Waals surface area contributed by atoms with E-state index in [-0.39, 0.29) is 30.4 Å². The zero-order valence-electron chi connectivity index (χ0n) is 5.88. The van der Waals surface area contributed by atoms with E-state index in [0.29, 0.717) is 0 Å². The fourth-order valence-corrected chi connectivity index (χ4v) is 1.76. The Morgan fingerprint density at radius 3 is 1.70 bits per heavy atom. The van der Waals surface area contributed by atoms with Crippen LogP contribution in [0.25, 0.3) is 0 Å². The second-order valence-corrected chi connectivity index (χ2v) is 3.14. The van der Waals surface area contributed by atoms with E-state index in [1.54, 1.807) is 0 Å². The molecule has 2 N–H and O–H groups in total. The summed E-state index contributed by atoms with van der Waals surface area (Å²) in [6, 6.07) is 0. The van der Waals surface area contributed by atoms with E-state index in [0.717, 1.165) is 6.54 Å².